The summed E-state index contributed by atoms with van der Waals surface area (Å²) in [6.07, 6.45) is -2.07. The number of carboxylic acid groups (broad SMARTS) is 2. The van der Waals surface area contributed by atoms with E-state index in [1.165, 1.54) is 21.9 Å². The lowest BCUT2D eigenvalue weighted by atomic mass is 10.1. The van der Waals surface area contributed by atoms with Crippen LogP contribution in [0, 0.1) is 0 Å². The number of alkyl halides is 3. The first-order valence-corrected chi connectivity index (χ1v) is 11.1. The van der Waals surface area contributed by atoms with Crippen LogP contribution in [0.5, 0.6) is 5.75 Å². The highest BCUT2D eigenvalue weighted by Crippen LogP contribution is 2.17. The molecule has 0 radical (unpaired) electrons. The number of nitrogens with one attached hydrogen (secondary N) is 1. The smallest absolute Gasteiger partial charge is 0.490 e. The van der Waals surface area contributed by atoms with Crippen molar-refractivity contribution < 1.29 is 37.7 Å². The number of ether oxygens (including phenoxy) is 1. The predicted molar refractivity (Wildman–Crippen MR) is 127 cm³/mol. The minimum absolute atomic E-state index is 0.172. The minimum Gasteiger partial charge on any atom is -0.493 e. The van der Waals surface area contributed by atoms with Gasteiger partial charge in [-0.2, -0.15) is 13.2 Å². The van der Waals surface area contributed by atoms with Crippen LogP contribution in [0.1, 0.15) is 24.0 Å². The van der Waals surface area contributed by atoms with Crippen LogP contribution in [0.3, 0.4) is 0 Å². The van der Waals surface area contributed by atoms with Gasteiger partial charge in [0.2, 0.25) is 0 Å². The van der Waals surface area contributed by atoms with E-state index in [0.717, 1.165) is 31.6 Å². The standard InChI is InChI=1S/C24H27NO3.C2HF3O2/c26-24(27)13-16-25-15-3-4-19-8-11-23(12-9-19)28-17-14-20-7-10-21-5-1-2-6-22(21)18-20;3-2(4,5)1(6)7/h1-2,5-12,18,25H,3-4,13-17H2,(H,26,27);(H,6,7). The Bertz CT molecular complexity index is 1080. The van der Waals surface area contributed by atoms with E-state index in [9.17, 15) is 18.0 Å². The van der Waals surface area contributed by atoms with Crippen molar-refractivity contribution in [2.45, 2.75) is 31.9 Å². The number of hydrogen-bond acceptors (Lipinski definition) is 4. The Labute approximate surface area is 201 Å². The summed E-state index contributed by atoms with van der Waals surface area (Å²) in [5.74, 6) is -2.62. The molecule has 0 spiro atoms. The maximum Gasteiger partial charge on any atom is 0.490 e. The minimum atomic E-state index is -5.08. The first-order chi connectivity index (χ1) is 16.6. The average molecular weight is 492 g/mol. The van der Waals surface area contributed by atoms with E-state index in [4.69, 9.17) is 19.7 Å². The number of carbonyl (C=O) groups is 2. The van der Waals surface area contributed by atoms with Gasteiger partial charge in [0.05, 0.1) is 13.0 Å². The van der Waals surface area contributed by atoms with Crippen LogP contribution in [0.15, 0.2) is 66.7 Å². The normalized spacial score (nSPS) is 10.9. The Kier molecular flexibility index (Phi) is 11.0. The zero-order chi connectivity index (χ0) is 25.7. The molecule has 0 bridgehead atoms. The highest BCUT2D eigenvalue weighted by atomic mass is 19.4. The fourth-order valence-electron chi connectivity index (χ4n) is 3.17. The summed E-state index contributed by atoms with van der Waals surface area (Å²) in [4.78, 5) is 19.3. The zero-order valence-corrected chi connectivity index (χ0v) is 19.1. The second-order valence-electron chi connectivity index (χ2n) is 7.72. The number of benzene rings is 3. The molecule has 9 heteroatoms. The Morgan fingerprint density at radius 3 is 2.09 bits per heavy atom. The van der Waals surface area contributed by atoms with Crippen molar-refractivity contribution in [1.82, 2.24) is 5.32 Å². The van der Waals surface area contributed by atoms with Gasteiger partial charge in [-0.1, -0.05) is 54.6 Å². The van der Waals surface area contributed by atoms with Crippen LogP contribution in [-0.4, -0.2) is 48.0 Å². The van der Waals surface area contributed by atoms with Crippen LogP contribution in [0.25, 0.3) is 10.8 Å². The molecule has 3 aromatic carbocycles. The van der Waals surface area contributed by atoms with Gasteiger partial charge in [-0.25, -0.2) is 4.79 Å². The molecule has 3 N–H and O–H groups in total. The summed E-state index contributed by atoms with van der Waals surface area (Å²) in [5, 5.41) is 21.4. The van der Waals surface area contributed by atoms with E-state index in [-0.39, 0.29) is 6.42 Å². The van der Waals surface area contributed by atoms with Crippen LogP contribution in [0.4, 0.5) is 13.2 Å². The fraction of sp³-hybridized carbons (Fsp3) is 0.308. The summed E-state index contributed by atoms with van der Waals surface area (Å²) in [5.41, 5.74) is 2.55. The highest BCUT2D eigenvalue weighted by molar-refractivity contribution is 5.83. The average Bonchev–Trinajstić information content (AvgIpc) is 2.82. The van der Waals surface area contributed by atoms with E-state index in [2.05, 4.69) is 59.9 Å². The third-order valence-electron chi connectivity index (χ3n) is 4.97. The molecule has 3 aromatic rings. The Morgan fingerprint density at radius 2 is 1.46 bits per heavy atom. The molecular formula is C26H28F3NO5. The molecule has 0 aliphatic heterocycles. The van der Waals surface area contributed by atoms with Gasteiger partial charge < -0.3 is 20.3 Å². The molecule has 0 saturated heterocycles. The fourth-order valence-corrected chi connectivity index (χ4v) is 3.17. The molecule has 0 aliphatic rings. The molecule has 0 aliphatic carbocycles. The van der Waals surface area contributed by atoms with Crippen molar-refractivity contribution in [2.75, 3.05) is 19.7 Å². The van der Waals surface area contributed by atoms with Gasteiger partial charge >= 0.3 is 18.1 Å². The molecule has 35 heavy (non-hydrogen) atoms. The van der Waals surface area contributed by atoms with Crippen molar-refractivity contribution in [3.63, 3.8) is 0 Å². The van der Waals surface area contributed by atoms with E-state index in [1.807, 2.05) is 12.1 Å². The van der Waals surface area contributed by atoms with Gasteiger partial charge in [0.15, 0.2) is 0 Å². The first-order valence-electron chi connectivity index (χ1n) is 11.1. The number of halogens is 3. The van der Waals surface area contributed by atoms with Crippen LogP contribution in [-0.2, 0) is 22.4 Å². The summed E-state index contributed by atoms with van der Waals surface area (Å²) in [6, 6.07) is 23.2. The lowest BCUT2D eigenvalue weighted by molar-refractivity contribution is -0.192. The van der Waals surface area contributed by atoms with Gasteiger partial charge in [-0.05, 0) is 53.4 Å². The first kappa shape index (κ1) is 27.7. The zero-order valence-electron chi connectivity index (χ0n) is 19.1. The van der Waals surface area contributed by atoms with Gasteiger partial charge in [0, 0.05) is 13.0 Å². The molecule has 188 valence electrons. The summed E-state index contributed by atoms with van der Waals surface area (Å²) in [7, 11) is 0. The summed E-state index contributed by atoms with van der Waals surface area (Å²) in [6.45, 7) is 2.02. The molecule has 0 saturated carbocycles. The van der Waals surface area contributed by atoms with Crippen molar-refractivity contribution in [3.8, 4) is 5.75 Å². The summed E-state index contributed by atoms with van der Waals surface area (Å²) < 4.78 is 37.6. The van der Waals surface area contributed by atoms with Crippen molar-refractivity contribution in [2.24, 2.45) is 0 Å². The number of rotatable bonds is 11. The molecule has 0 heterocycles. The van der Waals surface area contributed by atoms with E-state index >= 15 is 0 Å². The molecule has 0 aromatic heterocycles. The van der Waals surface area contributed by atoms with Gasteiger partial charge in [-0.3, -0.25) is 4.79 Å². The number of hydrogen-bond donors (Lipinski definition) is 3. The molecule has 0 amide bonds. The number of fused-ring (bicyclic) bond motifs is 1. The second kappa shape index (κ2) is 14.0. The van der Waals surface area contributed by atoms with Gasteiger partial charge in [0.1, 0.15) is 5.75 Å². The molecule has 0 unspecified atom stereocenters. The van der Waals surface area contributed by atoms with Gasteiger partial charge in [0.25, 0.3) is 0 Å². The van der Waals surface area contributed by atoms with E-state index in [1.54, 1.807) is 0 Å². The number of aliphatic carboxylic acids is 2. The van der Waals surface area contributed by atoms with Crippen molar-refractivity contribution >= 4 is 22.7 Å². The van der Waals surface area contributed by atoms with Crippen LogP contribution in [0.2, 0.25) is 0 Å². The van der Waals surface area contributed by atoms with Crippen molar-refractivity contribution in [1.29, 1.82) is 0 Å². The Morgan fingerprint density at radius 1 is 0.829 bits per heavy atom. The largest absolute Gasteiger partial charge is 0.493 e. The lowest BCUT2D eigenvalue weighted by Crippen LogP contribution is -2.21. The van der Waals surface area contributed by atoms with Gasteiger partial charge in [-0.15, -0.1) is 0 Å². The number of carboxylic acids is 2. The Balaban J connectivity index is 0.000000540. The topological polar surface area (TPSA) is 95.9 Å². The molecule has 6 nitrogen and oxygen atoms in total. The summed E-state index contributed by atoms with van der Waals surface area (Å²) >= 11 is 0. The van der Waals surface area contributed by atoms with E-state index in [0.29, 0.717) is 13.2 Å². The quantitative estimate of drug-likeness (QED) is 0.324. The molecule has 0 atom stereocenters. The third-order valence-corrected chi connectivity index (χ3v) is 4.97. The monoisotopic (exact) mass is 491 g/mol. The SMILES string of the molecule is O=C(O)C(F)(F)F.O=C(O)CCNCCCc1ccc(OCCc2ccc3ccccc3c2)cc1. The van der Waals surface area contributed by atoms with Crippen LogP contribution >= 0.6 is 0 Å². The predicted octanol–water partition coefficient (Wildman–Crippen LogP) is 5.09. The molecular weight excluding hydrogens is 463 g/mol. The number of aryl methyl sites for hydroxylation is 1. The lowest BCUT2D eigenvalue weighted by Gasteiger charge is -2.08. The molecule has 3 rings (SSSR count). The third kappa shape index (κ3) is 10.9. The molecule has 0 fully saturated rings. The Hall–Kier alpha value is -3.59. The maximum atomic E-state index is 10.6. The van der Waals surface area contributed by atoms with E-state index < -0.39 is 18.1 Å². The van der Waals surface area contributed by atoms with Crippen LogP contribution < -0.4 is 10.1 Å². The van der Waals surface area contributed by atoms with Crippen molar-refractivity contribution in [3.05, 3.63) is 77.9 Å². The maximum absolute atomic E-state index is 10.6. The highest BCUT2D eigenvalue weighted by Gasteiger charge is 2.38. The second-order valence-corrected chi connectivity index (χ2v) is 7.72.